The van der Waals surface area contributed by atoms with Gasteiger partial charge in [-0.15, -0.1) is 0 Å². The first kappa shape index (κ1) is 20.6. The second-order valence-corrected chi connectivity index (χ2v) is 7.24. The van der Waals surface area contributed by atoms with Crippen LogP contribution in [0.5, 0.6) is 0 Å². The number of carbonyl (C=O) groups is 1. The van der Waals surface area contributed by atoms with Gasteiger partial charge < -0.3 is 10.3 Å². The van der Waals surface area contributed by atoms with E-state index in [0.29, 0.717) is 17.5 Å². The maximum atomic E-state index is 13.4. The van der Waals surface area contributed by atoms with Gasteiger partial charge in [0.2, 0.25) is 5.91 Å². The first-order chi connectivity index (χ1) is 13.9. The monoisotopic (exact) mass is 411 g/mol. The number of benzene rings is 2. The molecule has 29 heavy (non-hydrogen) atoms. The van der Waals surface area contributed by atoms with E-state index in [0.717, 1.165) is 10.9 Å². The Labute approximate surface area is 172 Å². The number of nitrogens with one attached hydrogen (secondary N) is 2. The highest BCUT2D eigenvalue weighted by molar-refractivity contribution is 6.31. The second-order valence-electron chi connectivity index (χ2n) is 6.83. The zero-order chi connectivity index (χ0) is 21.0. The number of H-pyrrole nitrogens is 1. The molecule has 1 heterocycles. The van der Waals surface area contributed by atoms with Crippen molar-refractivity contribution in [1.82, 2.24) is 4.98 Å². The highest BCUT2D eigenvalue weighted by atomic mass is 35.5. The number of carbonyl (C=O) groups excluding carboxylic acids is 1. The number of nitriles is 1. The maximum Gasteiger partial charge on any atom is 0.255 e. The molecule has 0 radical (unpaired) electrons. The number of hydrogen-bond acceptors (Lipinski definition) is 3. The van der Waals surface area contributed by atoms with Gasteiger partial charge in [-0.2, -0.15) is 5.26 Å². The minimum Gasteiger partial charge on any atom is -0.328 e. The lowest BCUT2D eigenvalue weighted by molar-refractivity contribution is -0.120. The summed E-state index contributed by atoms with van der Waals surface area (Å²) in [6.45, 7) is 1.89. The number of aromatic amines is 1. The first-order valence-corrected chi connectivity index (χ1v) is 9.53. The van der Waals surface area contributed by atoms with E-state index >= 15 is 0 Å². The third kappa shape index (κ3) is 4.47. The minimum absolute atomic E-state index is 0.0870. The normalized spacial score (nSPS) is 12.9. The van der Waals surface area contributed by atoms with Crippen molar-refractivity contribution < 1.29 is 9.18 Å². The van der Waals surface area contributed by atoms with Crippen molar-refractivity contribution in [3.05, 3.63) is 75.4 Å². The lowest BCUT2D eigenvalue weighted by Crippen LogP contribution is -2.28. The Hall–Kier alpha value is -3.17. The smallest absolute Gasteiger partial charge is 0.255 e. The van der Waals surface area contributed by atoms with Crippen LogP contribution in [0.15, 0.2) is 53.5 Å². The number of anilines is 1. The number of rotatable bonds is 6. The third-order valence-electron chi connectivity index (χ3n) is 5.03. The van der Waals surface area contributed by atoms with Gasteiger partial charge in [0.25, 0.3) is 5.56 Å². The predicted molar refractivity (Wildman–Crippen MR) is 111 cm³/mol. The average Bonchev–Trinajstić information content (AvgIpc) is 2.71. The molecule has 0 bridgehead atoms. The fraction of sp³-hybridized carbons (Fsp3) is 0.227. The Balaban J connectivity index is 1.95. The molecule has 148 valence electrons. The van der Waals surface area contributed by atoms with Gasteiger partial charge in [0, 0.05) is 29.6 Å². The lowest BCUT2D eigenvalue weighted by atomic mass is 9.82. The Kier molecular flexibility index (Phi) is 6.30. The van der Waals surface area contributed by atoms with E-state index in [1.54, 1.807) is 18.3 Å². The van der Waals surface area contributed by atoms with Crippen molar-refractivity contribution in [1.29, 1.82) is 5.26 Å². The predicted octanol–water partition coefficient (Wildman–Crippen LogP) is 4.98. The number of nitrogens with zero attached hydrogens (tertiary/aromatic N) is 1. The molecule has 0 saturated carbocycles. The van der Waals surface area contributed by atoms with Crippen LogP contribution in [0, 0.1) is 23.1 Å². The Bertz CT molecular complexity index is 1150. The van der Waals surface area contributed by atoms with Crippen LogP contribution in [0.2, 0.25) is 5.02 Å². The summed E-state index contributed by atoms with van der Waals surface area (Å²) < 4.78 is 13.4. The molecule has 2 atom stereocenters. The van der Waals surface area contributed by atoms with E-state index in [1.807, 2.05) is 19.1 Å². The molecule has 0 fully saturated rings. The molecule has 1 aromatic heterocycles. The number of halogens is 2. The molecule has 0 aliphatic heterocycles. The molecule has 3 rings (SSSR count). The summed E-state index contributed by atoms with van der Waals surface area (Å²) in [7, 11) is 0. The van der Waals surface area contributed by atoms with Gasteiger partial charge >= 0.3 is 0 Å². The highest BCUT2D eigenvalue weighted by Crippen LogP contribution is 2.32. The van der Waals surface area contributed by atoms with Gasteiger partial charge in [-0.05, 0) is 47.6 Å². The van der Waals surface area contributed by atoms with Crippen LogP contribution >= 0.6 is 11.6 Å². The molecule has 2 unspecified atom stereocenters. The van der Waals surface area contributed by atoms with Gasteiger partial charge in [0.1, 0.15) is 5.82 Å². The molecule has 0 aliphatic rings. The molecule has 0 saturated heterocycles. The van der Waals surface area contributed by atoms with Gasteiger partial charge in [0.15, 0.2) is 0 Å². The van der Waals surface area contributed by atoms with Crippen LogP contribution in [0.25, 0.3) is 10.8 Å². The van der Waals surface area contributed by atoms with Crippen molar-refractivity contribution in [2.75, 3.05) is 5.32 Å². The van der Waals surface area contributed by atoms with Crippen LogP contribution in [0.4, 0.5) is 10.1 Å². The summed E-state index contributed by atoms with van der Waals surface area (Å²) in [5, 5.41) is 13.0. The van der Waals surface area contributed by atoms with E-state index in [2.05, 4.69) is 16.4 Å². The second kappa shape index (κ2) is 8.89. The minimum atomic E-state index is -0.571. The summed E-state index contributed by atoms with van der Waals surface area (Å²) in [5.74, 6) is -1.68. The number of aromatic nitrogens is 1. The molecular formula is C22H19ClFN3O2. The fourth-order valence-corrected chi connectivity index (χ4v) is 3.64. The Morgan fingerprint density at radius 3 is 2.69 bits per heavy atom. The van der Waals surface area contributed by atoms with Crippen molar-refractivity contribution in [2.45, 2.75) is 25.7 Å². The summed E-state index contributed by atoms with van der Waals surface area (Å²) in [5.41, 5.74) is 0.993. The third-order valence-corrected chi connectivity index (χ3v) is 5.32. The van der Waals surface area contributed by atoms with Crippen LogP contribution < -0.4 is 10.9 Å². The molecular weight excluding hydrogens is 393 g/mol. The van der Waals surface area contributed by atoms with Gasteiger partial charge in [-0.25, -0.2) is 4.39 Å². The fourth-order valence-electron chi connectivity index (χ4n) is 3.46. The Morgan fingerprint density at radius 2 is 2.00 bits per heavy atom. The number of hydrogen-bond donors (Lipinski definition) is 2. The molecule has 2 aromatic carbocycles. The van der Waals surface area contributed by atoms with E-state index in [9.17, 15) is 14.0 Å². The van der Waals surface area contributed by atoms with E-state index in [4.69, 9.17) is 16.9 Å². The summed E-state index contributed by atoms with van der Waals surface area (Å²) >= 11 is 5.80. The summed E-state index contributed by atoms with van der Waals surface area (Å²) in [4.78, 5) is 27.8. The zero-order valence-electron chi connectivity index (χ0n) is 15.7. The van der Waals surface area contributed by atoms with E-state index < -0.39 is 11.7 Å². The molecule has 1 amide bonds. The number of pyridine rings is 1. The van der Waals surface area contributed by atoms with E-state index in [-0.39, 0.29) is 28.8 Å². The SMILES string of the molecule is CC(c1c[nH]c(=O)c2ccccc12)C(CCC#N)C(=O)Nc1ccc(F)c(Cl)c1. The van der Waals surface area contributed by atoms with Crippen LogP contribution in [0.3, 0.4) is 0 Å². The van der Waals surface area contributed by atoms with Crippen LogP contribution in [-0.4, -0.2) is 10.9 Å². The van der Waals surface area contributed by atoms with E-state index in [1.165, 1.54) is 18.2 Å². The summed E-state index contributed by atoms with van der Waals surface area (Å²) in [6.07, 6.45) is 2.16. The molecule has 2 N–H and O–H groups in total. The quantitative estimate of drug-likeness (QED) is 0.599. The zero-order valence-corrected chi connectivity index (χ0v) is 16.5. The Morgan fingerprint density at radius 1 is 1.28 bits per heavy atom. The van der Waals surface area contributed by atoms with Gasteiger partial charge in [-0.1, -0.05) is 36.7 Å². The van der Waals surface area contributed by atoms with Crippen molar-refractivity contribution in [2.24, 2.45) is 5.92 Å². The molecule has 5 nitrogen and oxygen atoms in total. The standard InChI is InChI=1S/C22H19ClFN3O2/c1-13(18-12-26-21(28)17-6-3-2-5-16(17)18)15(7-4-10-25)22(29)27-14-8-9-20(24)19(23)11-14/h2-3,5-6,8-9,11-13,15H,4,7H2,1H3,(H,26,28)(H,27,29). The molecule has 0 spiro atoms. The van der Waals surface area contributed by atoms with Crippen LogP contribution in [0.1, 0.15) is 31.2 Å². The topological polar surface area (TPSA) is 85.8 Å². The largest absolute Gasteiger partial charge is 0.328 e. The average molecular weight is 412 g/mol. The van der Waals surface area contributed by atoms with Crippen molar-refractivity contribution >= 4 is 34.0 Å². The van der Waals surface area contributed by atoms with Crippen molar-refractivity contribution in [3.63, 3.8) is 0 Å². The van der Waals surface area contributed by atoms with Gasteiger partial charge in [-0.3, -0.25) is 9.59 Å². The highest BCUT2D eigenvalue weighted by Gasteiger charge is 2.28. The molecule has 3 aromatic rings. The molecule has 7 heteroatoms. The molecule has 0 aliphatic carbocycles. The maximum absolute atomic E-state index is 13.4. The summed E-state index contributed by atoms with van der Waals surface area (Å²) in [6, 6.07) is 13.2. The first-order valence-electron chi connectivity index (χ1n) is 9.15. The van der Waals surface area contributed by atoms with Crippen molar-refractivity contribution in [3.8, 4) is 6.07 Å². The number of fused-ring (bicyclic) bond motifs is 1. The van der Waals surface area contributed by atoms with Crippen LogP contribution in [-0.2, 0) is 4.79 Å². The van der Waals surface area contributed by atoms with Gasteiger partial charge in [0.05, 0.1) is 11.1 Å². The lowest BCUT2D eigenvalue weighted by Gasteiger charge is -2.24. The number of amides is 1.